The van der Waals surface area contributed by atoms with Crippen LogP contribution in [0.15, 0.2) is 23.1 Å². The van der Waals surface area contributed by atoms with Crippen LogP contribution >= 0.6 is 24.0 Å². The van der Waals surface area contributed by atoms with Gasteiger partial charge in [0.15, 0.2) is 5.06 Å². The van der Waals surface area contributed by atoms with Crippen molar-refractivity contribution in [1.82, 2.24) is 0 Å². The van der Waals surface area contributed by atoms with Gasteiger partial charge < -0.3 is 9.84 Å². The zero-order valence-corrected chi connectivity index (χ0v) is 8.65. The van der Waals surface area contributed by atoms with Crippen molar-refractivity contribution in [2.75, 3.05) is 7.11 Å². The predicted molar refractivity (Wildman–Crippen MR) is 57.3 cm³/mol. The third-order valence-corrected chi connectivity index (χ3v) is 3.30. The Bertz CT molecular complexity index is 448. The molecule has 1 aromatic carbocycles. The second-order valence-electron chi connectivity index (χ2n) is 2.62. The number of phenols is 1. The standard InChI is InChI=1S/C9H8O2S2/c1-11-7-4-5-2-3-6(12)8(10)9(5)13-7/h2-4,10,12H,1H3. The third kappa shape index (κ3) is 1.36. The molecule has 68 valence electrons. The Hall–Kier alpha value is -0.870. The number of methoxy groups -OCH3 is 1. The van der Waals surface area contributed by atoms with Crippen LogP contribution in [-0.4, -0.2) is 12.2 Å². The Morgan fingerprint density at radius 1 is 1.46 bits per heavy atom. The number of ether oxygens (including phenoxy) is 1. The zero-order chi connectivity index (χ0) is 9.42. The summed E-state index contributed by atoms with van der Waals surface area (Å²) in [7, 11) is 1.61. The van der Waals surface area contributed by atoms with E-state index < -0.39 is 0 Å². The topological polar surface area (TPSA) is 29.5 Å². The summed E-state index contributed by atoms with van der Waals surface area (Å²) in [5.74, 6) is 0.231. The summed E-state index contributed by atoms with van der Waals surface area (Å²) in [5, 5.41) is 11.4. The highest BCUT2D eigenvalue weighted by Gasteiger charge is 2.07. The number of benzene rings is 1. The van der Waals surface area contributed by atoms with Gasteiger partial charge in [-0.2, -0.15) is 0 Å². The van der Waals surface area contributed by atoms with E-state index in [9.17, 15) is 5.11 Å². The van der Waals surface area contributed by atoms with Crippen LogP contribution < -0.4 is 4.74 Å². The van der Waals surface area contributed by atoms with Gasteiger partial charge in [0.1, 0.15) is 5.75 Å². The first kappa shape index (κ1) is 8.72. The lowest BCUT2D eigenvalue weighted by Crippen LogP contribution is -1.73. The van der Waals surface area contributed by atoms with Crippen molar-refractivity contribution in [1.29, 1.82) is 0 Å². The Morgan fingerprint density at radius 3 is 2.92 bits per heavy atom. The molecule has 0 aliphatic carbocycles. The maximum Gasteiger partial charge on any atom is 0.174 e. The van der Waals surface area contributed by atoms with E-state index in [0.29, 0.717) is 4.90 Å². The monoisotopic (exact) mass is 212 g/mol. The van der Waals surface area contributed by atoms with Crippen LogP contribution in [0.5, 0.6) is 10.8 Å². The summed E-state index contributed by atoms with van der Waals surface area (Å²) in [6.07, 6.45) is 0. The first-order valence-corrected chi connectivity index (χ1v) is 4.97. The summed E-state index contributed by atoms with van der Waals surface area (Å²) in [6, 6.07) is 5.58. The predicted octanol–water partition coefficient (Wildman–Crippen LogP) is 2.90. The van der Waals surface area contributed by atoms with E-state index in [-0.39, 0.29) is 5.75 Å². The number of phenolic OH excluding ortho intramolecular Hbond substituents is 1. The minimum absolute atomic E-state index is 0.231. The molecule has 0 aliphatic heterocycles. The normalized spacial score (nSPS) is 10.6. The molecule has 4 heteroatoms. The quantitative estimate of drug-likeness (QED) is 0.712. The van der Waals surface area contributed by atoms with Crippen LogP contribution in [0.3, 0.4) is 0 Å². The van der Waals surface area contributed by atoms with Crippen molar-refractivity contribution in [3.63, 3.8) is 0 Å². The highest BCUT2D eigenvalue weighted by Crippen LogP contribution is 2.39. The molecular weight excluding hydrogens is 204 g/mol. The summed E-state index contributed by atoms with van der Waals surface area (Å²) >= 11 is 5.55. The zero-order valence-electron chi connectivity index (χ0n) is 6.94. The van der Waals surface area contributed by atoms with E-state index in [1.807, 2.05) is 12.1 Å². The van der Waals surface area contributed by atoms with Gasteiger partial charge >= 0.3 is 0 Å². The smallest absolute Gasteiger partial charge is 0.174 e. The van der Waals surface area contributed by atoms with Gasteiger partial charge in [-0.15, -0.1) is 12.6 Å². The fourth-order valence-corrected chi connectivity index (χ4v) is 2.34. The molecule has 0 amide bonds. The van der Waals surface area contributed by atoms with Crippen molar-refractivity contribution in [2.24, 2.45) is 0 Å². The number of hydrogen-bond donors (Lipinski definition) is 2. The molecule has 0 atom stereocenters. The number of aromatic hydroxyl groups is 1. The van der Waals surface area contributed by atoms with E-state index in [2.05, 4.69) is 12.6 Å². The molecule has 2 nitrogen and oxygen atoms in total. The van der Waals surface area contributed by atoms with Gasteiger partial charge in [-0.3, -0.25) is 0 Å². The first-order chi connectivity index (χ1) is 6.22. The summed E-state index contributed by atoms with van der Waals surface area (Å²) < 4.78 is 5.90. The average molecular weight is 212 g/mol. The Balaban J connectivity index is 2.76. The van der Waals surface area contributed by atoms with Crippen LogP contribution in [0.25, 0.3) is 10.1 Å². The largest absolute Gasteiger partial charge is 0.505 e. The minimum atomic E-state index is 0.231. The molecular formula is C9H8O2S2. The number of thiol groups is 1. The van der Waals surface area contributed by atoms with Gasteiger partial charge in [-0.1, -0.05) is 17.4 Å². The van der Waals surface area contributed by atoms with Crippen molar-refractivity contribution in [3.8, 4) is 10.8 Å². The molecule has 0 bridgehead atoms. The molecule has 0 saturated heterocycles. The lowest BCUT2D eigenvalue weighted by Gasteiger charge is -1.96. The SMILES string of the molecule is COc1cc2ccc(S)c(O)c2s1. The van der Waals surface area contributed by atoms with Crippen LogP contribution in [0.4, 0.5) is 0 Å². The van der Waals surface area contributed by atoms with Crippen molar-refractivity contribution in [2.45, 2.75) is 4.90 Å². The van der Waals surface area contributed by atoms with E-state index >= 15 is 0 Å². The molecule has 13 heavy (non-hydrogen) atoms. The van der Waals surface area contributed by atoms with Crippen molar-refractivity contribution >= 4 is 34.1 Å². The molecule has 1 aromatic heterocycles. The molecule has 1 heterocycles. The van der Waals surface area contributed by atoms with Gasteiger partial charge in [0.2, 0.25) is 0 Å². The van der Waals surface area contributed by atoms with Crippen LogP contribution in [0, 0.1) is 0 Å². The second kappa shape index (κ2) is 3.12. The van der Waals surface area contributed by atoms with Gasteiger partial charge in [0.25, 0.3) is 0 Å². The molecule has 2 aromatic rings. The highest BCUT2D eigenvalue weighted by molar-refractivity contribution is 7.80. The molecule has 0 fully saturated rings. The molecule has 0 radical (unpaired) electrons. The summed E-state index contributed by atoms with van der Waals surface area (Å²) in [4.78, 5) is 0.594. The number of hydrogen-bond acceptors (Lipinski definition) is 4. The minimum Gasteiger partial charge on any atom is -0.505 e. The van der Waals surface area contributed by atoms with E-state index in [1.54, 1.807) is 13.2 Å². The molecule has 0 saturated carbocycles. The van der Waals surface area contributed by atoms with Crippen LogP contribution in [-0.2, 0) is 0 Å². The van der Waals surface area contributed by atoms with Crippen molar-refractivity contribution < 1.29 is 9.84 Å². The van der Waals surface area contributed by atoms with Gasteiger partial charge in [-0.05, 0) is 12.1 Å². The van der Waals surface area contributed by atoms with E-state index in [1.165, 1.54) is 11.3 Å². The molecule has 0 aliphatic rings. The molecule has 2 rings (SSSR count). The lowest BCUT2D eigenvalue weighted by atomic mass is 10.2. The molecule has 0 spiro atoms. The number of thiophene rings is 1. The Kier molecular flexibility index (Phi) is 2.09. The number of fused-ring (bicyclic) bond motifs is 1. The summed E-state index contributed by atoms with van der Waals surface area (Å²) in [6.45, 7) is 0. The first-order valence-electron chi connectivity index (χ1n) is 3.71. The van der Waals surface area contributed by atoms with E-state index in [4.69, 9.17) is 4.74 Å². The number of rotatable bonds is 1. The maximum absolute atomic E-state index is 9.65. The molecule has 0 unspecified atom stereocenters. The van der Waals surface area contributed by atoms with Gasteiger partial charge in [0.05, 0.1) is 11.8 Å². The molecule has 1 N–H and O–H groups in total. The van der Waals surface area contributed by atoms with Crippen molar-refractivity contribution in [3.05, 3.63) is 18.2 Å². The van der Waals surface area contributed by atoms with Gasteiger partial charge in [-0.25, -0.2) is 0 Å². The third-order valence-electron chi connectivity index (χ3n) is 1.82. The fourth-order valence-electron chi connectivity index (χ4n) is 1.15. The van der Waals surface area contributed by atoms with Gasteiger partial charge in [0, 0.05) is 10.3 Å². The van der Waals surface area contributed by atoms with Crippen LogP contribution in [0.1, 0.15) is 0 Å². The maximum atomic E-state index is 9.65. The van der Waals surface area contributed by atoms with E-state index in [0.717, 1.165) is 15.1 Å². The van der Waals surface area contributed by atoms with Crippen LogP contribution in [0.2, 0.25) is 0 Å². The highest BCUT2D eigenvalue weighted by atomic mass is 32.1. The Morgan fingerprint density at radius 2 is 2.23 bits per heavy atom. The Labute approximate surface area is 85.2 Å². The average Bonchev–Trinajstić information content (AvgIpc) is 2.55. The fraction of sp³-hybridized carbons (Fsp3) is 0.111. The summed E-state index contributed by atoms with van der Waals surface area (Å²) in [5.41, 5.74) is 0. The second-order valence-corrected chi connectivity index (χ2v) is 4.12. The lowest BCUT2D eigenvalue weighted by molar-refractivity contribution is 0.427.